The van der Waals surface area contributed by atoms with Gasteiger partial charge in [-0.1, -0.05) is 62.2 Å². The minimum Gasteiger partial charge on any atom is -0.481 e. The van der Waals surface area contributed by atoms with Gasteiger partial charge in [0.15, 0.2) is 0 Å². The fraction of sp³-hybridized carbons (Fsp3) is 0.400. The number of likely N-dealkylation sites (tertiary alicyclic amines) is 1. The number of hydrogen-bond donors (Lipinski definition) is 2. The van der Waals surface area contributed by atoms with E-state index < -0.39 is 17.4 Å². The molecule has 2 atom stereocenters. The van der Waals surface area contributed by atoms with E-state index in [9.17, 15) is 19.5 Å². The number of amides is 2. The first-order chi connectivity index (χ1) is 15.3. The summed E-state index contributed by atoms with van der Waals surface area (Å²) in [4.78, 5) is 40.0. The molecule has 2 amide bonds. The van der Waals surface area contributed by atoms with Crippen LogP contribution in [0.15, 0.2) is 54.6 Å². The molecule has 0 aromatic heterocycles. The lowest BCUT2D eigenvalue weighted by Crippen LogP contribution is -2.56. The SMILES string of the molecule is CCC(C)C(NC(=O)c1ccccc1)C(=O)N1CCC(C(=O)O)(c2ccc(Cl)cc2)CC1. The summed E-state index contributed by atoms with van der Waals surface area (Å²) in [7, 11) is 0. The lowest BCUT2D eigenvalue weighted by molar-refractivity contribution is -0.149. The van der Waals surface area contributed by atoms with Crippen molar-refractivity contribution in [1.29, 1.82) is 0 Å². The first-order valence-electron chi connectivity index (χ1n) is 10.9. The monoisotopic (exact) mass is 456 g/mol. The number of carboxylic acid groups (broad SMARTS) is 1. The van der Waals surface area contributed by atoms with Gasteiger partial charge in [-0.3, -0.25) is 14.4 Å². The number of piperidine rings is 1. The molecule has 1 aliphatic rings. The quantitative estimate of drug-likeness (QED) is 0.655. The van der Waals surface area contributed by atoms with E-state index in [1.54, 1.807) is 53.4 Å². The van der Waals surface area contributed by atoms with Gasteiger partial charge in [-0.2, -0.15) is 0 Å². The van der Waals surface area contributed by atoms with Crippen LogP contribution in [0.5, 0.6) is 0 Å². The molecule has 170 valence electrons. The molecule has 2 unspecified atom stereocenters. The molecule has 0 spiro atoms. The molecule has 1 heterocycles. The van der Waals surface area contributed by atoms with Gasteiger partial charge in [-0.25, -0.2) is 0 Å². The fourth-order valence-electron chi connectivity index (χ4n) is 4.20. The van der Waals surface area contributed by atoms with Crippen molar-refractivity contribution >= 4 is 29.4 Å². The van der Waals surface area contributed by atoms with Crippen molar-refractivity contribution in [2.75, 3.05) is 13.1 Å². The van der Waals surface area contributed by atoms with E-state index in [4.69, 9.17) is 11.6 Å². The average Bonchev–Trinajstić information content (AvgIpc) is 2.82. The second-order valence-corrected chi connectivity index (χ2v) is 8.86. The summed E-state index contributed by atoms with van der Waals surface area (Å²) >= 11 is 5.97. The van der Waals surface area contributed by atoms with Crippen LogP contribution in [-0.2, 0) is 15.0 Å². The number of carbonyl (C=O) groups excluding carboxylic acids is 2. The minimum atomic E-state index is -1.06. The van der Waals surface area contributed by atoms with Crippen LogP contribution < -0.4 is 5.32 Å². The Labute approximate surface area is 193 Å². The highest BCUT2D eigenvalue weighted by atomic mass is 35.5. The van der Waals surface area contributed by atoms with Gasteiger partial charge in [0.25, 0.3) is 5.91 Å². The van der Waals surface area contributed by atoms with Gasteiger partial charge in [-0.05, 0) is 48.6 Å². The Morgan fingerprint density at radius 2 is 1.66 bits per heavy atom. The standard InChI is InChI=1S/C25H29ClN2O4/c1-3-17(2)21(27-22(29)18-7-5-4-6-8-18)23(30)28-15-13-25(14-16-28,24(31)32)19-9-11-20(26)12-10-19/h4-12,17,21H,3,13-16H2,1-2H3,(H,27,29)(H,31,32). The third kappa shape index (κ3) is 4.96. The Morgan fingerprint density at radius 1 is 1.06 bits per heavy atom. The third-order valence-corrected chi connectivity index (χ3v) is 6.79. The molecule has 6 nitrogen and oxygen atoms in total. The van der Waals surface area contributed by atoms with E-state index in [-0.39, 0.29) is 17.7 Å². The largest absolute Gasteiger partial charge is 0.481 e. The van der Waals surface area contributed by atoms with Crippen LogP contribution in [0, 0.1) is 5.92 Å². The molecule has 0 bridgehead atoms. The maximum Gasteiger partial charge on any atom is 0.314 e. The summed E-state index contributed by atoms with van der Waals surface area (Å²) in [5.74, 6) is -1.42. The summed E-state index contributed by atoms with van der Waals surface area (Å²) < 4.78 is 0. The van der Waals surface area contributed by atoms with E-state index in [2.05, 4.69) is 5.32 Å². The molecule has 32 heavy (non-hydrogen) atoms. The van der Waals surface area contributed by atoms with Crippen LogP contribution in [-0.4, -0.2) is 46.9 Å². The maximum absolute atomic E-state index is 13.4. The number of nitrogens with zero attached hydrogens (tertiary/aromatic N) is 1. The number of nitrogens with one attached hydrogen (secondary N) is 1. The molecule has 0 saturated carbocycles. The second kappa shape index (κ2) is 10.2. The highest BCUT2D eigenvalue weighted by molar-refractivity contribution is 6.30. The van der Waals surface area contributed by atoms with Gasteiger partial charge in [-0.15, -0.1) is 0 Å². The highest BCUT2D eigenvalue weighted by Crippen LogP contribution is 2.37. The highest BCUT2D eigenvalue weighted by Gasteiger charge is 2.45. The summed E-state index contributed by atoms with van der Waals surface area (Å²) in [6, 6.07) is 15.0. The lowest BCUT2D eigenvalue weighted by Gasteiger charge is -2.41. The molecule has 1 saturated heterocycles. The molecule has 7 heteroatoms. The number of halogens is 1. The zero-order valence-electron chi connectivity index (χ0n) is 18.4. The predicted octanol–water partition coefficient (Wildman–Crippen LogP) is 4.13. The Morgan fingerprint density at radius 3 is 2.19 bits per heavy atom. The smallest absolute Gasteiger partial charge is 0.314 e. The number of rotatable bonds is 7. The molecular formula is C25H29ClN2O4. The maximum atomic E-state index is 13.4. The third-order valence-electron chi connectivity index (χ3n) is 6.54. The number of carbonyl (C=O) groups is 3. The molecule has 2 aromatic carbocycles. The van der Waals surface area contributed by atoms with Crippen molar-refractivity contribution in [3.05, 3.63) is 70.7 Å². The van der Waals surface area contributed by atoms with Gasteiger partial charge in [0.2, 0.25) is 5.91 Å². The topological polar surface area (TPSA) is 86.7 Å². The molecule has 0 aliphatic carbocycles. The molecule has 0 radical (unpaired) electrons. The van der Waals surface area contributed by atoms with Crippen molar-refractivity contribution in [3.63, 3.8) is 0 Å². The van der Waals surface area contributed by atoms with Gasteiger partial charge >= 0.3 is 5.97 Å². The zero-order chi connectivity index (χ0) is 23.3. The van der Waals surface area contributed by atoms with E-state index in [1.165, 1.54) is 0 Å². The predicted molar refractivity (Wildman–Crippen MR) is 124 cm³/mol. The van der Waals surface area contributed by atoms with Crippen molar-refractivity contribution in [2.45, 2.75) is 44.6 Å². The van der Waals surface area contributed by atoms with E-state index in [1.807, 2.05) is 19.9 Å². The Hall–Kier alpha value is -2.86. The molecule has 2 N–H and O–H groups in total. The molecular weight excluding hydrogens is 428 g/mol. The summed E-state index contributed by atoms with van der Waals surface area (Å²) in [5.41, 5.74) is 0.137. The van der Waals surface area contributed by atoms with Crippen molar-refractivity contribution in [2.24, 2.45) is 5.92 Å². The number of hydrogen-bond acceptors (Lipinski definition) is 3. The van der Waals surface area contributed by atoms with Crippen LogP contribution in [0.4, 0.5) is 0 Å². The van der Waals surface area contributed by atoms with E-state index in [0.29, 0.717) is 42.1 Å². The van der Waals surface area contributed by atoms with Crippen LogP contribution >= 0.6 is 11.6 Å². The first-order valence-corrected chi connectivity index (χ1v) is 11.3. The van der Waals surface area contributed by atoms with Crippen LogP contribution in [0.25, 0.3) is 0 Å². The Balaban J connectivity index is 1.75. The summed E-state index contributed by atoms with van der Waals surface area (Å²) in [5, 5.41) is 13.5. The lowest BCUT2D eigenvalue weighted by atomic mass is 9.72. The molecule has 3 rings (SSSR count). The minimum absolute atomic E-state index is 0.0578. The van der Waals surface area contributed by atoms with Gasteiger partial charge in [0.1, 0.15) is 6.04 Å². The van der Waals surface area contributed by atoms with Gasteiger partial charge < -0.3 is 15.3 Å². The van der Waals surface area contributed by atoms with E-state index >= 15 is 0 Å². The van der Waals surface area contributed by atoms with Crippen molar-refractivity contribution < 1.29 is 19.5 Å². The second-order valence-electron chi connectivity index (χ2n) is 8.42. The number of carboxylic acids is 1. The average molecular weight is 457 g/mol. The number of aliphatic carboxylic acids is 1. The van der Waals surface area contributed by atoms with Crippen LogP contribution in [0.3, 0.4) is 0 Å². The number of benzene rings is 2. The molecule has 2 aromatic rings. The summed E-state index contributed by atoms with van der Waals surface area (Å²) in [6.07, 6.45) is 1.33. The molecule has 1 aliphatic heterocycles. The van der Waals surface area contributed by atoms with Crippen LogP contribution in [0.2, 0.25) is 5.02 Å². The van der Waals surface area contributed by atoms with Gasteiger partial charge in [0, 0.05) is 23.7 Å². The summed E-state index contributed by atoms with van der Waals surface area (Å²) in [6.45, 7) is 4.53. The Kier molecular flexibility index (Phi) is 7.56. The normalized spacial score (nSPS) is 17.3. The van der Waals surface area contributed by atoms with Gasteiger partial charge in [0.05, 0.1) is 5.41 Å². The van der Waals surface area contributed by atoms with Crippen molar-refractivity contribution in [1.82, 2.24) is 10.2 Å². The first kappa shape index (κ1) is 23.8. The zero-order valence-corrected chi connectivity index (χ0v) is 19.1. The van der Waals surface area contributed by atoms with Crippen molar-refractivity contribution in [3.8, 4) is 0 Å². The van der Waals surface area contributed by atoms with E-state index in [0.717, 1.165) is 6.42 Å². The molecule has 1 fully saturated rings. The fourth-order valence-corrected chi connectivity index (χ4v) is 4.32. The Bertz CT molecular complexity index is 954. The van der Waals surface area contributed by atoms with Crippen LogP contribution in [0.1, 0.15) is 49.0 Å².